The van der Waals surface area contributed by atoms with Gasteiger partial charge in [-0.25, -0.2) is 4.98 Å². The highest BCUT2D eigenvalue weighted by Crippen LogP contribution is 2.32. The van der Waals surface area contributed by atoms with Gasteiger partial charge in [-0.1, -0.05) is 6.92 Å². The minimum absolute atomic E-state index is 0.0514. The van der Waals surface area contributed by atoms with Gasteiger partial charge in [0.05, 0.1) is 18.5 Å². The lowest BCUT2D eigenvalue weighted by Crippen LogP contribution is -2.22. The van der Waals surface area contributed by atoms with Gasteiger partial charge in [-0.2, -0.15) is 5.10 Å². The molecule has 0 saturated heterocycles. The summed E-state index contributed by atoms with van der Waals surface area (Å²) in [6.45, 7) is 2.59. The van der Waals surface area contributed by atoms with E-state index in [4.69, 9.17) is 4.74 Å². The molecule has 1 amide bonds. The highest BCUT2D eigenvalue weighted by atomic mass is 32.1. The molecule has 4 rings (SSSR count). The average molecular weight is 382 g/mol. The van der Waals surface area contributed by atoms with E-state index in [0.717, 1.165) is 29.0 Å². The van der Waals surface area contributed by atoms with Crippen LogP contribution in [0.4, 0.5) is 0 Å². The number of carbonyl (C=O) groups is 1. The van der Waals surface area contributed by atoms with Gasteiger partial charge in [0.2, 0.25) is 0 Å². The molecule has 0 fully saturated rings. The number of aromatic amines is 1. The van der Waals surface area contributed by atoms with Crippen LogP contribution < -0.4 is 10.1 Å². The van der Waals surface area contributed by atoms with Crippen LogP contribution in [0.5, 0.6) is 5.75 Å². The minimum atomic E-state index is -0.0514. The Morgan fingerprint density at radius 3 is 2.96 bits per heavy atom. The van der Waals surface area contributed by atoms with Crippen LogP contribution in [-0.4, -0.2) is 28.2 Å². The molecule has 2 heterocycles. The van der Waals surface area contributed by atoms with Crippen LogP contribution in [0.15, 0.2) is 30.3 Å². The molecule has 1 unspecified atom stereocenters. The van der Waals surface area contributed by atoms with Crippen molar-refractivity contribution in [3.8, 4) is 17.1 Å². The van der Waals surface area contributed by atoms with Gasteiger partial charge in [-0.05, 0) is 61.1 Å². The third-order valence-corrected chi connectivity index (χ3v) is 6.09. The largest absolute Gasteiger partial charge is 0.497 e. The lowest BCUT2D eigenvalue weighted by atomic mass is 9.90. The highest BCUT2D eigenvalue weighted by Gasteiger charge is 2.20. The zero-order valence-corrected chi connectivity index (χ0v) is 16.2. The van der Waals surface area contributed by atoms with Crippen LogP contribution in [0.3, 0.4) is 0 Å². The first-order chi connectivity index (χ1) is 13.1. The van der Waals surface area contributed by atoms with Crippen molar-refractivity contribution in [2.75, 3.05) is 7.11 Å². The van der Waals surface area contributed by atoms with E-state index < -0.39 is 0 Å². The Balaban J connectivity index is 1.39. The van der Waals surface area contributed by atoms with E-state index >= 15 is 0 Å². The Hall–Kier alpha value is -2.67. The number of H-pyrrole nitrogens is 1. The first kappa shape index (κ1) is 17.7. The van der Waals surface area contributed by atoms with Gasteiger partial charge in [0.15, 0.2) is 5.82 Å². The van der Waals surface area contributed by atoms with Gasteiger partial charge in [0, 0.05) is 10.4 Å². The minimum Gasteiger partial charge on any atom is -0.497 e. The average Bonchev–Trinajstić information content (AvgIpc) is 3.33. The molecule has 6 nitrogen and oxygen atoms in total. The van der Waals surface area contributed by atoms with E-state index in [1.54, 1.807) is 18.4 Å². The summed E-state index contributed by atoms with van der Waals surface area (Å²) >= 11 is 1.62. The number of amides is 1. The summed E-state index contributed by atoms with van der Waals surface area (Å²) in [5.41, 5.74) is 2.23. The summed E-state index contributed by atoms with van der Waals surface area (Å²) in [5, 5.41) is 10.1. The van der Waals surface area contributed by atoms with Crippen LogP contribution >= 0.6 is 11.3 Å². The molecule has 2 N–H and O–H groups in total. The van der Waals surface area contributed by atoms with Crippen LogP contribution in [-0.2, 0) is 19.4 Å². The summed E-state index contributed by atoms with van der Waals surface area (Å²) < 4.78 is 5.16. The van der Waals surface area contributed by atoms with Crippen LogP contribution in [0.2, 0.25) is 0 Å². The maximum absolute atomic E-state index is 12.5. The van der Waals surface area contributed by atoms with Gasteiger partial charge in [-0.3, -0.25) is 9.89 Å². The summed E-state index contributed by atoms with van der Waals surface area (Å²) in [7, 11) is 1.63. The summed E-state index contributed by atoms with van der Waals surface area (Å²) in [5.74, 6) is 2.67. The van der Waals surface area contributed by atoms with Crippen molar-refractivity contribution in [2.24, 2.45) is 5.92 Å². The first-order valence-corrected chi connectivity index (χ1v) is 9.89. The standard InChI is InChI=1S/C20H22N4O2S/c1-12-3-8-16-14(9-12)10-17(27-16)20(25)21-11-18-22-19(24-23-18)13-4-6-15(26-2)7-5-13/h4-7,10,12H,3,8-9,11H2,1-2H3,(H,21,25)(H,22,23,24). The Kier molecular flexibility index (Phi) is 4.94. The van der Waals surface area contributed by atoms with Crippen molar-refractivity contribution in [1.29, 1.82) is 0 Å². The molecule has 0 radical (unpaired) electrons. The maximum atomic E-state index is 12.5. The number of ether oxygens (including phenoxy) is 1. The van der Waals surface area contributed by atoms with Gasteiger partial charge in [0.25, 0.3) is 5.91 Å². The normalized spacial score (nSPS) is 16.0. The SMILES string of the molecule is COc1ccc(-c2n[nH]c(CNC(=O)c3cc4c(s3)CCC(C)C4)n2)cc1. The van der Waals surface area contributed by atoms with Crippen molar-refractivity contribution in [3.63, 3.8) is 0 Å². The van der Waals surface area contributed by atoms with E-state index in [9.17, 15) is 4.79 Å². The second-order valence-electron chi connectivity index (χ2n) is 6.92. The fraction of sp³-hybridized carbons (Fsp3) is 0.350. The van der Waals surface area contributed by atoms with Gasteiger partial charge < -0.3 is 10.1 Å². The molecule has 0 aliphatic heterocycles. The number of methoxy groups -OCH3 is 1. The Labute approximate surface area is 162 Å². The second kappa shape index (κ2) is 7.52. The quantitative estimate of drug-likeness (QED) is 0.707. The highest BCUT2D eigenvalue weighted by molar-refractivity contribution is 7.14. The van der Waals surface area contributed by atoms with Crippen molar-refractivity contribution in [3.05, 3.63) is 51.5 Å². The van der Waals surface area contributed by atoms with Crippen LogP contribution in [0.1, 0.15) is 39.3 Å². The third-order valence-electron chi connectivity index (χ3n) is 4.85. The number of nitrogens with one attached hydrogen (secondary N) is 2. The number of carbonyl (C=O) groups excluding carboxylic acids is 1. The van der Waals surface area contributed by atoms with Gasteiger partial charge in [-0.15, -0.1) is 11.3 Å². The van der Waals surface area contributed by atoms with Crippen molar-refractivity contribution < 1.29 is 9.53 Å². The van der Waals surface area contributed by atoms with E-state index in [-0.39, 0.29) is 5.91 Å². The van der Waals surface area contributed by atoms with E-state index in [0.29, 0.717) is 24.1 Å². The molecule has 1 aromatic carbocycles. The Bertz CT molecular complexity index is 945. The zero-order valence-electron chi connectivity index (χ0n) is 15.4. The molecule has 140 valence electrons. The van der Waals surface area contributed by atoms with Gasteiger partial charge in [0.1, 0.15) is 11.6 Å². The molecular weight excluding hydrogens is 360 g/mol. The Morgan fingerprint density at radius 1 is 1.37 bits per heavy atom. The smallest absolute Gasteiger partial charge is 0.261 e. The molecule has 0 saturated carbocycles. The molecule has 27 heavy (non-hydrogen) atoms. The molecule has 3 aromatic rings. The molecule has 7 heteroatoms. The van der Waals surface area contributed by atoms with Crippen molar-refractivity contribution >= 4 is 17.2 Å². The molecule has 1 aliphatic carbocycles. The Morgan fingerprint density at radius 2 is 2.19 bits per heavy atom. The number of hydrogen-bond acceptors (Lipinski definition) is 5. The van der Waals surface area contributed by atoms with Gasteiger partial charge >= 0.3 is 0 Å². The molecule has 1 aliphatic rings. The van der Waals surface area contributed by atoms with Crippen molar-refractivity contribution in [1.82, 2.24) is 20.5 Å². The van der Waals surface area contributed by atoms with E-state index in [2.05, 4.69) is 27.4 Å². The van der Waals surface area contributed by atoms with E-state index in [1.165, 1.54) is 16.9 Å². The zero-order chi connectivity index (χ0) is 18.8. The first-order valence-electron chi connectivity index (χ1n) is 9.08. The number of nitrogens with zero attached hydrogens (tertiary/aromatic N) is 2. The summed E-state index contributed by atoms with van der Waals surface area (Å²) in [4.78, 5) is 19.1. The lowest BCUT2D eigenvalue weighted by Gasteiger charge is -2.16. The maximum Gasteiger partial charge on any atom is 0.261 e. The predicted molar refractivity (Wildman–Crippen MR) is 105 cm³/mol. The fourth-order valence-corrected chi connectivity index (χ4v) is 4.44. The summed E-state index contributed by atoms with van der Waals surface area (Å²) in [6, 6.07) is 9.59. The number of fused-ring (bicyclic) bond motifs is 1. The fourth-order valence-electron chi connectivity index (χ4n) is 3.31. The second-order valence-corrected chi connectivity index (χ2v) is 8.06. The summed E-state index contributed by atoms with van der Waals surface area (Å²) in [6.07, 6.45) is 3.37. The number of aryl methyl sites for hydroxylation is 1. The lowest BCUT2D eigenvalue weighted by molar-refractivity contribution is 0.0954. The molecule has 0 bridgehead atoms. The number of thiophene rings is 1. The molecule has 2 aromatic heterocycles. The predicted octanol–water partition coefficient (Wildman–Crippen LogP) is 3.60. The number of benzene rings is 1. The third kappa shape index (κ3) is 3.88. The monoisotopic (exact) mass is 382 g/mol. The van der Waals surface area contributed by atoms with E-state index in [1.807, 2.05) is 30.3 Å². The van der Waals surface area contributed by atoms with Crippen molar-refractivity contribution in [2.45, 2.75) is 32.7 Å². The molecular formula is C20H22N4O2S. The molecule has 0 spiro atoms. The van der Waals surface area contributed by atoms with Crippen LogP contribution in [0.25, 0.3) is 11.4 Å². The molecule has 1 atom stereocenters. The van der Waals surface area contributed by atoms with Crippen LogP contribution in [0, 0.1) is 5.92 Å². The number of hydrogen-bond donors (Lipinski definition) is 2. The topological polar surface area (TPSA) is 79.9 Å². The number of rotatable bonds is 5. The number of aromatic nitrogens is 3.